The van der Waals surface area contributed by atoms with Crippen LogP contribution in [-0.4, -0.2) is 13.8 Å². The molecule has 0 spiro atoms. The third-order valence-electron chi connectivity index (χ3n) is 8.92. The molecule has 0 aliphatic heterocycles. The van der Waals surface area contributed by atoms with Crippen LogP contribution in [0, 0.1) is 12.1 Å². The van der Waals surface area contributed by atoms with Crippen molar-refractivity contribution in [1.82, 2.24) is 4.98 Å². The molecule has 4 heteroatoms. The summed E-state index contributed by atoms with van der Waals surface area (Å²) in [5.74, 6) is 0.623. The summed E-state index contributed by atoms with van der Waals surface area (Å²) in [5.41, 5.74) is 10.1. The van der Waals surface area contributed by atoms with E-state index in [9.17, 15) is 0 Å². The zero-order valence-corrected chi connectivity index (χ0v) is 26.7. The van der Waals surface area contributed by atoms with E-state index in [-0.39, 0.29) is 22.0 Å². The molecule has 1 aromatic heterocycles. The van der Waals surface area contributed by atoms with Crippen LogP contribution >= 0.6 is 0 Å². The van der Waals surface area contributed by atoms with E-state index in [2.05, 4.69) is 146 Å². The quantitative estimate of drug-likeness (QED) is 0.138. The summed E-state index contributed by atoms with van der Waals surface area (Å²) in [6, 6.07) is 60.9. The Morgan fingerprint density at radius 3 is 2.07 bits per heavy atom. The Morgan fingerprint density at radius 2 is 1.30 bits per heavy atom. The van der Waals surface area contributed by atoms with Crippen LogP contribution in [0.15, 0.2) is 156 Å². The molecule has 1 aliphatic rings. The monoisotopic (exact) mass is 646 g/mol. The van der Waals surface area contributed by atoms with E-state index in [4.69, 9.17) is 9.40 Å². The van der Waals surface area contributed by atoms with Gasteiger partial charge in [0.2, 0.25) is 0 Å². The Bertz CT molecular complexity index is 2290. The van der Waals surface area contributed by atoms with Gasteiger partial charge in [-0.3, -0.25) is 0 Å². The van der Waals surface area contributed by atoms with Gasteiger partial charge in [-0.1, -0.05) is 125 Å². The zero-order chi connectivity index (χ0) is 29.7. The zero-order valence-electron chi connectivity index (χ0n) is 24.7. The van der Waals surface area contributed by atoms with E-state index in [0.29, 0.717) is 5.89 Å². The van der Waals surface area contributed by atoms with Crippen molar-refractivity contribution >= 4 is 41.0 Å². The van der Waals surface area contributed by atoms with Crippen LogP contribution in [0.1, 0.15) is 16.7 Å². The Hall–Kier alpha value is -5.02. The summed E-state index contributed by atoms with van der Waals surface area (Å²) in [6.07, 6.45) is 0. The van der Waals surface area contributed by atoms with E-state index >= 15 is 0 Å². The van der Waals surface area contributed by atoms with Crippen LogP contribution in [-0.2, 0) is 16.5 Å². The number of hydrogen-bond acceptors (Lipinski definition) is 2. The molecule has 8 aromatic rings. The Kier molecular flexibility index (Phi) is 7.25. The van der Waals surface area contributed by atoms with Gasteiger partial charge in [-0.05, 0) is 33.9 Å². The molecule has 0 fully saturated rings. The average Bonchev–Trinajstić information content (AvgIpc) is 3.69. The first kappa shape index (κ1) is 28.5. The minimum Gasteiger partial charge on any atom is -0.443 e. The van der Waals surface area contributed by atoms with Gasteiger partial charge in [0.1, 0.15) is 14.3 Å². The first-order valence-corrected chi connectivity index (χ1v) is 16.8. The molecule has 1 aliphatic carbocycles. The second-order valence-electron chi connectivity index (χ2n) is 11.5. The van der Waals surface area contributed by atoms with Gasteiger partial charge in [-0.15, -0.1) is 17.5 Å². The van der Waals surface area contributed by atoms with Gasteiger partial charge in [0.05, 0.1) is 0 Å². The number of hydrogen-bond donors (Lipinski definition) is 0. The Labute approximate surface area is 279 Å². The molecule has 219 valence electrons. The number of oxazole rings is 1. The van der Waals surface area contributed by atoms with Crippen LogP contribution in [0.4, 0.5) is 0 Å². The molecule has 0 saturated heterocycles. The van der Waals surface area contributed by atoms with Crippen molar-refractivity contribution in [3.8, 4) is 33.7 Å². The van der Waals surface area contributed by atoms with Crippen LogP contribution < -0.4 is 10.4 Å². The van der Waals surface area contributed by atoms with E-state index in [1.54, 1.807) is 0 Å². The minimum atomic E-state index is -1.31. The number of aromatic nitrogens is 1. The number of fused-ring (bicyclic) bond motifs is 6. The van der Waals surface area contributed by atoms with Crippen molar-refractivity contribution in [2.45, 2.75) is 5.54 Å². The van der Waals surface area contributed by atoms with Gasteiger partial charge < -0.3 is 4.42 Å². The van der Waals surface area contributed by atoms with Crippen molar-refractivity contribution in [2.75, 3.05) is 0 Å². The van der Waals surface area contributed by atoms with Gasteiger partial charge >= 0.3 is 16.5 Å². The van der Waals surface area contributed by atoms with E-state index in [1.807, 2.05) is 18.2 Å². The maximum absolute atomic E-state index is 6.64. The predicted molar refractivity (Wildman–Crippen MR) is 185 cm³/mol. The van der Waals surface area contributed by atoms with Gasteiger partial charge in [0, 0.05) is 5.54 Å². The average molecular weight is 647 g/mol. The van der Waals surface area contributed by atoms with Crippen molar-refractivity contribution in [3.63, 3.8) is 0 Å². The van der Waals surface area contributed by atoms with Crippen molar-refractivity contribution < 1.29 is 20.9 Å². The summed E-state index contributed by atoms with van der Waals surface area (Å²) in [4.78, 5) is 5.33. The molecule has 0 amide bonds. The SMILES string of the molecule is [Ni+2].[c-]1ccccc1-c1[c-]c2c(-c3nc4c5c(ccc4o3)-c3ccccc3C5[Si](c3ccccc3)c3ccccc3)cccc2cc1. The molecule has 1 atom stereocenters. The van der Waals surface area contributed by atoms with E-state index < -0.39 is 8.80 Å². The van der Waals surface area contributed by atoms with Crippen LogP contribution in [0.3, 0.4) is 0 Å². The van der Waals surface area contributed by atoms with Crippen LogP contribution in [0.5, 0.6) is 0 Å². The maximum atomic E-state index is 6.64. The normalized spacial score (nSPS) is 13.5. The first-order valence-electron chi connectivity index (χ1n) is 15.3. The molecule has 9 rings (SSSR count). The van der Waals surface area contributed by atoms with E-state index in [0.717, 1.165) is 38.6 Å². The molecular weight excluding hydrogens is 621 g/mol. The summed E-state index contributed by atoms with van der Waals surface area (Å²) in [6.45, 7) is 0. The molecule has 46 heavy (non-hydrogen) atoms. The molecule has 0 saturated carbocycles. The molecular formula is C42H26NNiOSi. The second-order valence-corrected chi connectivity index (χ2v) is 14.0. The standard InChI is InChI=1S/C42H26NOSi.Ni/c1-4-13-28(14-5-1)30-24-23-29-15-12-22-36(37(29)27-30)42-43-40-38(44-42)26-25-34-33-20-10-11-21-35(33)41(39(34)40)45(31-16-6-2-7-17-31)32-18-8-3-9-19-32;/h1-13,15-26,41H;/q-2;+2. The van der Waals surface area contributed by atoms with Crippen LogP contribution in [0.25, 0.3) is 55.6 Å². The molecule has 1 unspecified atom stereocenters. The van der Waals surface area contributed by atoms with Crippen molar-refractivity contribution in [1.29, 1.82) is 0 Å². The molecule has 7 aromatic carbocycles. The minimum absolute atomic E-state index is 0. The number of benzene rings is 7. The van der Waals surface area contributed by atoms with Gasteiger partial charge in [0.15, 0.2) is 11.5 Å². The maximum Gasteiger partial charge on any atom is 2.00 e. The summed E-state index contributed by atoms with van der Waals surface area (Å²) >= 11 is 0. The largest absolute Gasteiger partial charge is 2.00 e. The fraction of sp³-hybridized carbons (Fsp3) is 0.0238. The van der Waals surface area contributed by atoms with Crippen molar-refractivity contribution in [3.05, 3.63) is 175 Å². The molecule has 1 heterocycles. The smallest absolute Gasteiger partial charge is 0.443 e. The topological polar surface area (TPSA) is 26.0 Å². The predicted octanol–water partition coefficient (Wildman–Crippen LogP) is 8.87. The molecule has 1 radical (unpaired) electrons. The van der Waals surface area contributed by atoms with Crippen molar-refractivity contribution in [2.24, 2.45) is 0 Å². The van der Waals surface area contributed by atoms with Gasteiger partial charge in [-0.2, -0.15) is 42.0 Å². The number of nitrogens with zero attached hydrogens (tertiary/aromatic N) is 1. The van der Waals surface area contributed by atoms with Gasteiger partial charge in [-0.25, -0.2) is 10.5 Å². The van der Waals surface area contributed by atoms with Crippen LogP contribution in [0.2, 0.25) is 0 Å². The molecule has 0 bridgehead atoms. The molecule has 2 nitrogen and oxygen atoms in total. The summed E-state index contributed by atoms with van der Waals surface area (Å²) in [5, 5.41) is 4.86. The molecule has 0 N–H and O–H groups in total. The second kappa shape index (κ2) is 11.7. The van der Waals surface area contributed by atoms with Gasteiger partial charge in [0.25, 0.3) is 0 Å². The number of rotatable bonds is 5. The third-order valence-corrected chi connectivity index (χ3v) is 12.0. The summed E-state index contributed by atoms with van der Waals surface area (Å²) < 4.78 is 6.64. The summed E-state index contributed by atoms with van der Waals surface area (Å²) in [7, 11) is -1.31. The fourth-order valence-corrected chi connectivity index (χ4v) is 10.2. The fourth-order valence-electron chi connectivity index (χ4n) is 6.94. The van der Waals surface area contributed by atoms with E-state index in [1.165, 1.54) is 32.6 Å². The third kappa shape index (κ3) is 4.65. The Balaban J connectivity index is 0.00000312. The first-order chi connectivity index (χ1) is 22.3. The Morgan fingerprint density at radius 1 is 0.587 bits per heavy atom.